The van der Waals surface area contributed by atoms with Gasteiger partial charge in [0.1, 0.15) is 6.10 Å². The maximum atomic E-state index is 11.5. The Morgan fingerprint density at radius 1 is 1.00 bits per heavy atom. The van der Waals surface area contributed by atoms with Gasteiger partial charge in [0, 0.05) is 12.2 Å². The van der Waals surface area contributed by atoms with Gasteiger partial charge in [0.05, 0.1) is 5.60 Å². The summed E-state index contributed by atoms with van der Waals surface area (Å²) in [6.45, 7) is 5.20. The molecule has 0 radical (unpaired) electrons. The first-order valence-corrected chi connectivity index (χ1v) is 6.82. The second-order valence-corrected chi connectivity index (χ2v) is 5.70. The Bertz CT molecular complexity index is 349. The fourth-order valence-electron chi connectivity index (χ4n) is 1.70. The largest absolute Gasteiger partial charge is 0.459 e. The summed E-state index contributed by atoms with van der Waals surface area (Å²) in [7, 11) is 0. The fourth-order valence-corrected chi connectivity index (χ4v) is 1.70. The summed E-state index contributed by atoms with van der Waals surface area (Å²) >= 11 is 0. The molecule has 114 valence electrons. The van der Waals surface area contributed by atoms with Crippen LogP contribution in [0.1, 0.15) is 52.9 Å². The van der Waals surface area contributed by atoms with Crippen molar-refractivity contribution in [3.8, 4) is 0 Å². The maximum Gasteiger partial charge on any atom is 0.369 e. The monoisotopic (exact) mass is 286 g/mol. The highest BCUT2D eigenvalue weighted by molar-refractivity contribution is 5.91. The normalized spacial score (nSPS) is 17.1. The van der Waals surface area contributed by atoms with Crippen LogP contribution in [0.15, 0.2) is 12.2 Å². The first-order valence-electron chi connectivity index (χ1n) is 6.82. The van der Waals surface area contributed by atoms with Gasteiger partial charge in [-0.3, -0.25) is 4.89 Å². The van der Waals surface area contributed by atoms with Crippen molar-refractivity contribution >= 4 is 11.9 Å². The van der Waals surface area contributed by atoms with E-state index in [9.17, 15) is 9.59 Å². The van der Waals surface area contributed by atoms with Gasteiger partial charge in [0.15, 0.2) is 0 Å². The van der Waals surface area contributed by atoms with Gasteiger partial charge >= 0.3 is 11.9 Å². The van der Waals surface area contributed by atoms with Gasteiger partial charge in [-0.25, -0.2) is 9.59 Å². The van der Waals surface area contributed by atoms with Crippen molar-refractivity contribution in [3.05, 3.63) is 12.2 Å². The molecular formula is C14H22O6. The fraction of sp³-hybridized carbons (Fsp3) is 0.714. The summed E-state index contributed by atoms with van der Waals surface area (Å²) in [5, 5.41) is 4.29. The van der Waals surface area contributed by atoms with Crippen molar-refractivity contribution in [3.63, 3.8) is 0 Å². The van der Waals surface area contributed by atoms with Crippen LogP contribution in [0.3, 0.4) is 0 Å². The highest BCUT2D eigenvalue weighted by Crippen LogP contribution is 2.20. The Morgan fingerprint density at radius 2 is 1.60 bits per heavy atom. The number of rotatable bonds is 5. The third-order valence-corrected chi connectivity index (χ3v) is 2.59. The lowest BCUT2D eigenvalue weighted by atomic mass is 9.98. The summed E-state index contributed by atoms with van der Waals surface area (Å²) in [6.07, 6.45) is 7.01. The molecule has 0 N–H and O–H groups in total. The van der Waals surface area contributed by atoms with Gasteiger partial charge in [0.25, 0.3) is 0 Å². The zero-order chi connectivity index (χ0) is 15.0. The zero-order valence-electron chi connectivity index (χ0n) is 12.2. The smallest absolute Gasteiger partial charge is 0.369 e. The lowest BCUT2D eigenvalue weighted by Gasteiger charge is -2.20. The second kappa shape index (κ2) is 8.01. The third kappa shape index (κ3) is 7.91. The van der Waals surface area contributed by atoms with E-state index >= 15 is 0 Å². The number of esters is 1. The van der Waals surface area contributed by atoms with Crippen molar-refractivity contribution in [1.29, 1.82) is 0 Å². The summed E-state index contributed by atoms with van der Waals surface area (Å²) in [5.74, 6) is -1.39. The van der Waals surface area contributed by atoms with E-state index in [2.05, 4.69) is 9.93 Å². The van der Waals surface area contributed by atoms with E-state index in [0.717, 1.165) is 37.8 Å². The molecule has 0 saturated heterocycles. The molecule has 1 saturated carbocycles. The number of carbonyl (C=O) groups excluding carboxylic acids is 2. The minimum atomic E-state index is -0.838. The standard InChI is InChI=1S/C14H22O6/c1-14(2,3)19-20-18-13(16)10-9-12(15)17-11-7-5-4-6-8-11/h9-11H,4-8H2,1-3H3. The van der Waals surface area contributed by atoms with E-state index in [1.54, 1.807) is 20.8 Å². The minimum absolute atomic E-state index is 0.0441. The highest BCUT2D eigenvalue weighted by Gasteiger charge is 2.17. The molecule has 0 aliphatic heterocycles. The third-order valence-electron chi connectivity index (χ3n) is 2.59. The van der Waals surface area contributed by atoms with Crippen molar-refractivity contribution in [2.75, 3.05) is 0 Å². The van der Waals surface area contributed by atoms with Crippen LogP contribution in [0, 0.1) is 0 Å². The molecule has 1 aliphatic rings. The van der Waals surface area contributed by atoms with Crippen LogP contribution in [0.2, 0.25) is 0 Å². The summed E-state index contributed by atoms with van der Waals surface area (Å²) < 4.78 is 5.19. The lowest BCUT2D eigenvalue weighted by Crippen LogP contribution is -2.21. The van der Waals surface area contributed by atoms with Gasteiger partial charge in [-0.05, 0) is 51.5 Å². The van der Waals surface area contributed by atoms with Crippen molar-refractivity contribution in [2.45, 2.75) is 64.6 Å². The summed E-state index contributed by atoms with van der Waals surface area (Å²) in [4.78, 5) is 31.7. The Balaban J connectivity index is 2.21. The Morgan fingerprint density at radius 3 is 2.20 bits per heavy atom. The molecule has 0 atom stereocenters. The molecule has 0 heterocycles. The molecule has 0 aromatic heterocycles. The van der Waals surface area contributed by atoms with Gasteiger partial charge in [-0.1, -0.05) is 6.42 Å². The molecule has 0 bridgehead atoms. The zero-order valence-corrected chi connectivity index (χ0v) is 12.2. The van der Waals surface area contributed by atoms with Crippen LogP contribution in [0.25, 0.3) is 0 Å². The summed E-state index contributed by atoms with van der Waals surface area (Å²) in [6, 6.07) is 0. The molecule has 20 heavy (non-hydrogen) atoms. The topological polar surface area (TPSA) is 71.1 Å². The number of hydrogen-bond donors (Lipinski definition) is 0. The predicted molar refractivity (Wildman–Crippen MR) is 70.1 cm³/mol. The first-order chi connectivity index (χ1) is 9.37. The van der Waals surface area contributed by atoms with Crippen LogP contribution >= 0.6 is 0 Å². The van der Waals surface area contributed by atoms with E-state index in [-0.39, 0.29) is 6.10 Å². The molecular weight excluding hydrogens is 264 g/mol. The molecule has 0 spiro atoms. The highest BCUT2D eigenvalue weighted by atomic mass is 17.5. The Hall–Kier alpha value is -1.40. The van der Waals surface area contributed by atoms with Crippen LogP contribution in [-0.2, 0) is 29.1 Å². The van der Waals surface area contributed by atoms with Gasteiger partial charge < -0.3 is 4.74 Å². The van der Waals surface area contributed by atoms with Gasteiger partial charge in [0.2, 0.25) is 0 Å². The van der Waals surface area contributed by atoms with Crippen molar-refractivity contribution in [1.82, 2.24) is 0 Å². The molecule has 0 amide bonds. The molecule has 0 unspecified atom stereocenters. The van der Waals surface area contributed by atoms with Crippen molar-refractivity contribution in [2.24, 2.45) is 0 Å². The van der Waals surface area contributed by atoms with Crippen LogP contribution in [-0.4, -0.2) is 23.6 Å². The Labute approximate surface area is 118 Å². The van der Waals surface area contributed by atoms with E-state index < -0.39 is 17.5 Å². The average Bonchev–Trinajstić information content (AvgIpc) is 2.36. The average molecular weight is 286 g/mol. The van der Waals surface area contributed by atoms with Crippen LogP contribution in [0.4, 0.5) is 0 Å². The molecule has 0 aromatic carbocycles. The number of ether oxygens (including phenoxy) is 1. The first kappa shape index (κ1) is 16.7. The molecule has 6 heteroatoms. The molecule has 0 aromatic rings. The van der Waals surface area contributed by atoms with E-state index in [0.29, 0.717) is 0 Å². The van der Waals surface area contributed by atoms with Crippen molar-refractivity contribution < 1.29 is 29.1 Å². The predicted octanol–water partition coefficient (Wildman–Crippen LogP) is 2.62. The van der Waals surface area contributed by atoms with Crippen LogP contribution < -0.4 is 0 Å². The molecule has 1 fully saturated rings. The SMILES string of the molecule is CC(C)(C)OOOC(=O)C=CC(=O)OC1CCCCC1. The van der Waals surface area contributed by atoms with Gasteiger partial charge in [-0.2, -0.15) is 4.89 Å². The van der Waals surface area contributed by atoms with E-state index in [4.69, 9.17) is 9.62 Å². The quantitative estimate of drug-likeness (QED) is 0.335. The van der Waals surface area contributed by atoms with Gasteiger partial charge in [-0.15, -0.1) is 0 Å². The summed E-state index contributed by atoms with van der Waals surface area (Å²) in [5.41, 5.74) is -0.593. The second-order valence-electron chi connectivity index (χ2n) is 5.70. The lowest BCUT2D eigenvalue weighted by molar-refractivity contribution is -0.513. The molecule has 6 nitrogen and oxygen atoms in total. The van der Waals surface area contributed by atoms with E-state index in [1.165, 1.54) is 6.42 Å². The minimum Gasteiger partial charge on any atom is -0.459 e. The molecule has 1 aliphatic carbocycles. The molecule has 1 rings (SSSR count). The van der Waals surface area contributed by atoms with Crippen LogP contribution in [0.5, 0.6) is 0 Å². The maximum absolute atomic E-state index is 11.5. The number of hydrogen-bond acceptors (Lipinski definition) is 6. The number of carbonyl (C=O) groups is 2. The van der Waals surface area contributed by atoms with E-state index in [1.807, 2.05) is 0 Å². The Kier molecular flexibility index (Phi) is 6.67.